The molecule has 1 fully saturated rings. The monoisotopic (exact) mass is 423 g/mol. The summed E-state index contributed by atoms with van der Waals surface area (Å²) in [5, 5.41) is 14.8. The van der Waals surface area contributed by atoms with Crippen molar-refractivity contribution in [1.29, 1.82) is 0 Å². The quantitative estimate of drug-likeness (QED) is 0.599. The van der Waals surface area contributed by atoms with Crippen molar-refractivity contribution in [3.63, 3.8) is 0 Å². The first-order chi connectivity index (χ1) is 14.6. The van der Waals surface area contributed by atoms with Crippen LogP contribution < -0.4 is 5.32 Å². The maximum Gasteiger partial charge on any atom is 0.151 e. The topological polar surface area (TPSA) is 65.5 Å². The van der Waals surface area contributed by atoms with Crippen molar-refractivity contribution in [2.24, 2.45) is 0 Å². The number of pyridine rings is 1. The van der Waals surface area contributed by atoms with E-state index in [0.717, 1.165) is 53.6 Å². The number of fused-ring (bicyclic) bond motifs is 1. The average Bonchev–Trinajstić information content (AvgIpc) is 2.76. The lowest BCUT2D eigenvalue weighted by Gasteiger charge is -2.32. The summed E-state index contributed by atoms with van der Waals surface area (Å²) < 4.78 is 0. The van der Waals surface area contributed by atoms with Crippen LogP contribution in [0.3, 0.4) is 0 Å². The van der Waals surface area contributed by atoms with Crippen LogP contribution in [-0.4, -0.2) is 46.4 Å². The maximum absolute atomic E-state index is 12.6. The summed E-state index contributed by atoms with van der Waals surface area (Å²) >= 11 is 6.01. The second-order valence-corrected chi connectivity index (χ2v) is 8.34. The number of Topliss-reactive ketones (excluding diaryl/α,β-unsaturated/α-hetero) is 1. The normalized spacial score (nSPS) is 15.4. The van der Waals surface area contributed by atoms with Gasteiger partial charge in [-0.25, -0.2) is 0 Å². The zero-order valence-corrected chi connectivity index (χ0v) is 17.6. The number of carbonyl (C=O) groups is 1. The third kappa shape index (κ3) is 5.17. The van der Waals surface area contributed by atoms with E-state index in [4.69, 9.17) is 11.6 Å². The lowest BCUT2D eigenvalue weighted by molar-refractivity contribution is -0.119. The van der Waals surface area contributed by atoms with Crippen LogP contribution in [-0.2, 0) is 17.8 Å². The van der Waals surface area contributed by atoms with Gasteiger partial charge in [0.1, 0.15) is 0 Å². The second kappa shape index (κ2) is 9.56. The van der Waals surface area contributed by atoms with Crippen LogP contribution in [0.1, 0.15) is 24.0 Å². The molecule has 2 heterocycles. The number of anilines is 1. The Balaban J connectivity index is 1.27. The minimum atomic E-state index is -0.0406. The number of piperidine rings is 1. The third-order valence-electron chi connectivity index (χ3n) is 5.65. The Kier molecular flexibility index (Phi) is 6.62. The second-order valence-electron chi connectivity index (χ2n) is 7.90. The van der Waals surface area contributed by atoms with Gasteiger partial charge in [-0.05, 0) is 54.8 Å². The molecule has 2 aromatic carbocycles. The van der Waals surface area contributed by atoms with E-state index in [2.05, 4.69) is 21.3 Å². The summed E-state index contributed by atoms with van der Waals surface area (Å²) in [5.41, 5.74) is 3.73. The Bertz CT molecular complexity index is 1030. The molecule has 0 amide bonds. The number of aliphatic hydroxyl groups is 1. The highest BCUT2D eigenvalue weighted by molar-refractivity contribution is 6.30. The van der Waals surface area contributed by atoms with Gasteiger partial charge in [0, 0.05) is 53.4 Å². The lowest BCUT2D eigenvalue weighted by Crippen LogP contribution is -2.41. The van der Waals surface area contributed by atoms with Crippen molar-refractivity contribution in [2.45, 2.75) is 31.9 Å². The number of likely N-dealkylation sites (tertiary alicyclic amines) is 1. The highest BCUT2D eigenvalue weighted by Crippen LogP contribution is 2.24. The summed E-state index contributed by atoms with van der Waals surface area (Å²) in [6.45, 7) is 2.21. The predicted molar refractivity (Wildman–Crippen MR) is 121 cm³/mol. The Morgan fingerprint density at radius 1 is 1.17 bits per heavy atom. The zero-order chi connectivity index (χ0) is 20.9. The van der Waals surface area contributed by atoms with Crippen LogP contribution in [0.4, 0.5) is 5.69 Å². The minimum absolute atomic E-state index is 0.0406. The molecule has 0 radical (unpaired) electrons. The van der Waals surface area contributed by atoms with Crippen LogP contribution in [0, 0.1) is 0 Å². The number of rotatable bonds is 7. The number of hydrogen-bond acceptors (Lipinski definition) is 5. The standard InChI is InChI=1S/C24H26ClN3O2/c25-20-4-6-24(19(14-20)16-29)27-21-7-10-28(11-8-21)15-22(30)13-17-3-5-23-18(12-17)2-1-9-26-23/h1-6,9,12,14,21,27,29H,7-8,10-11,13,15-16H2. The molecule has 1 saturated heterocycles. The smallest absolute Gasteiger partial charge is 0.151 e. The fraction of sp³-hybridized carbons (Fsp3) is 0.333. The molecule has 156 valence electrons. The molecular formula is C24H26ClN3O2. The third-order valence-corrected chi connectivity index (χ3v) is 5.89. The molecule has 6 heteroatoms. The molecule has 2 N–H and O–H groups in total. The molecule has 0 unspecified atom stereocenters. The van der Waals surface area contributed by atoms with Crippen molar-refractivity contribution in [1.82, 2.24) is 9.88 Å². The van der Waals surface area contributed by atoms with Gasteiger partial charge in [0.25, 0.3) is 0 Å². The summed E-state index contributed by atoms with van der Waals surface area (Å²) in [6.07, 6.45) is 4.15. The van der Waals surface area contributed by atoms with Crippen molar-refractivity contribution in [2.75, 3.05) is 25.0 Å². The fourth-order valence-electron chi connectivity index (χ4n) is 4.06. The average molecular weight is 424 g/mol. The summed E-state index contributed by atoms with van der Waals surface area (Å²) in [4.78, 5) is 19.2. The lowest BCUT2D eigenvalue weighted by atomic mass is 10.0. The number of ketones is 1. The zero-order valence-electron chi connectivity index (χ0n) is 16.9. The van der Waals surface area contributed by atoms with Gasteiger partial charge < -0.3 is 10.4 Å². The highest BCUT2D eigenvalue weighted by Gasteiger charge is 2.21. The number of benzene rings is 2. The van der Waals surface area contributed by atoms with Crippen molar-refractivity contribution >= 4 is 34.0 Å². The van der Waals surface area contributed by atoms with Crippen molar-refractivity contribution in [3.8, 4) is 0 Å². The summed E-state index contributed by atoms with van der Waals surface area (Å²) in [5.74, 6) is 0.241. The van der Waals surface area contributed by atoms with E-state index >= 15 is 0 Å². The SMILES string of the molecule is O=C(Cc1ccc2ncccc2c1)CN1CCC(Nc2ccc(Cl)cc2CO)CC1. The number of carbonyl (C=O) groups excluding carboxylic acids is 1. The molecule has 0 bridgehead atoms. The molecule has 5 nitrogen and oxygen atoms in total. The largest absolute Gasteiger partial charge is 0.392 e. The Hall–Kier alpha value is -2.47. The van der Waals surface area contributed by atoms with Gasteiger partial charge in [0.15, 0.2) is 5.78 Å². The number of aromatic nitrogens is 1. The number of halogens is 1. The van der Waals surface area contributed by atoms with E-state index in [1.165, 1.54) is 0 Å². The van der Waals surface area contributed by atoms with E-state index in [0.29, 0.717) is 24.0 Å². The van der Waals surface area contributed by atoms with Gasteiger partial charge in [-0.3, -0.25) is 14.7 Å². The first-order valence-electron chi connectivity index (χ1n) is 10.3. The molecule has 1 aliphatic heterocycles. The molecule has 0 aliphatic carbocycles. The van der Waals surface area contributed by atoms with Crippen LogP contribution in [0.2, 0.25) is 5.02 Å². The van der Waals surface area contributed by atoms with Gasteiger partial charge in [-0.2, -0.15) is 0 Å². The van der Waals surface area contributed by atoms with Gasteiger partial charge in [0.2, 0.25) is 0 Å². The fourth-order valence-corrected chi connectivity index (χ4v) is 4.25. The molecule has 1 aliphatic rings. The van der Waals surface area contributed by atoms with E-state index in [1.54, 1.807) is 12.3 Å². The Morgan fingerprint density at radius 2 is 2.00 bits per heavy atom. The minimum Gasteiger partial charge on any atom is -0.392 e. The number of aliphatic hydroxyl groups excluding tert-OH is 1. The maximum atomic E-state index is 12.6. The molecule has 0 spiro atoms. The van der Waals surface area contributed by atoms with E-state index < -0.39 is 0 Å². The number of nitrogens with one attached hydrogen (secondary N) is 1. The van der Waals surface area contributed by atoms with Gasteiger partial charge >= 0.3 is 0 Å². The summed E-state index contributed by atoms with van der Waals surface area (Å²) in [7, 11) is 0. The molecule has 0 atom stereocenters. The predicted octanol–water partition coefficient (Wildman–Crippen LogP) is 4.07. The highest BCUT2D eigenvalue weighted by atomic mass is 35.5. The summed E-state index contributed by atoms with van der Waals surface area (Å²) in [6, 6.07) is 15.8. The molecular weight excluding hydrogens is 398 g/mol. The molecule has 30 heavy (non-hydrogen) atoms. The number of nitrogens with zero attached hydrogens (tertiary/aromatic N) is 2. The molecule has 3 aromatic rings. The first kappa shape index (κ1) is 20.8. The number of hydrogen-bond donors (Lipinski definition) is 2. The Labute approximate surface area is 181 Å². The molecule has 0 saturated carbocycles. The van der Waals surface area contributed by atoms with Crippen LogP contribution in [0.15, 0.2) is 54.7 Å². The van der Waals surface area contributed by atoms with E-state index in [1.807, 2.05) is 36.4 Å². The molecule has 4 rings (SSSR count). The van der Waals surface area contributed by atoms with Crippen LogP contribution in [0.25, 0.3) is 10.9 Å². The van der Waals surface area contributed by atoms with E-state index in [-0.39, 0.29) is 12.4 Å². The van der Waals surface area contributed by atoms with Crippen molar-refractivity contribution in [3.05, 3.63) is 70.9 Å². The molecule has 1 aromatic heterocycles. The van der Waals surface area contributed by atoms with Crippen LogP contribution in [0.5, 0.6) is 0 Å². The van der Waals surface area contributed by atoms with Crippen LogP contribution >= 0.6 is 11.6 Å². The Morgan fingerprint density at radius 3 is 2.80 bits per heavy atom. The first-order valence-corrected chi connectivity index (χ1v) is 10.7. The van der Waals surface area contributed by atoms with E-state index in [9.17, 15) is 9.90 Å². The van der Waals surface area contributed by atoms with Gasteiger partial charge in [0.05, 0.1) is 18.7 Å². The van der Waals surface area contributed by atoms with Gasteiger partial charge in [-0.15, -0.1) is 0 Å². The van der Waals surface area contributed by atoms with Crippen molar-refractivity contribution < 1.29 is 9.90 Å². The van der Waals surface area contributed by atoms with Gasteiger partial charge in [-0.1, -0.05) is 23.7 Å².